The Kier molecular flexibility index (Phi) is 4.46. The van der Waals surface area contributed by atoms with Gasteiger partial charge in [0.25, 0.3) is 15.9 Å². The van der Waals surface area contributed by atoms with Crippen molar-refractivity contribution in [3.63, 3.8) is 0 Å². The van der Waals surface area contributed by atoms with E-state index in [-0.39, 0.29) is 16.9 Å². The number of pyridine rings is 1. The molecule has 0 unspecified atom stereocenters. The van der Waals surface area contributed by atoms with Crippen molar-refractivity contribution in [2.75, 3.05) is 17.8 Å². The number of carbonyl (C=O) groups is 1. The smallest absolute Gasteiger partial charge is 0.262 e. The van der Waals surface area contributed by atoms with Crippen LogP contribution in [-0.4, -0.2) is 48.5 Å². The lowest BCUT2D eigenvalue weighted by Gasteiger charge is -2.30. The molecule has 1 fully saturated rings. The molecule has 0 spiro atoms. The second-order valence-corrected chi connectivity index (χ2v) is 9.58. The van der Waals surface area contributed by atoms with Crippen LogP contribution in [0.25, 0.3) is 22.0 Å². The van der Waals surface area contributed by atoms with E-state index >= 15 is 0 Å². The lowest BCUT2D eigenvalue weighted by molar-refractivity contribution is 0.0546. The average Bonchev–Trinajstić information content (AvgIpc) is 2.75. The monoisotopic (exact) mass is 443 g/mol. The molecule has 5 rings (SSSR count). The molecule has 1 saturated heterocycles. The van der Waals surface area contributed by atoms with E-state index in [0.29, 0.717) is 64.2 Å². The van der Waals surface area contributed by atoms with Crippen LogP contribution >= 0.6 is 11.6 Å². The zero-order valence-electron chi connectivity index (χ0n) is 15.8. The molecule has 1 amide bonds. The number of carbonyl (C=O) groups excluding carboxylic acids is 1. The van der Waals surface area contributed by atoms with Crippen molar-refractivity contribution < 1.29 is 18.3 Å². The fourth-order valence-electron chi connectivity index (χ4n) is 4.07. The summed E-state index contributed by atoms with van der Waals surface area (Å²) in [6.07, 6.45) is 2.26. The minimum absolute atomic E-state index is 0.0898. The third-order valence-electron chi connectivity index (χ3n) is 5.64. The Morgan fingerprint density at radius 1 is 1.17 bits per heavy atom. The number of sulfonamides is 1. The summed E-state index contributed by atoms with van der Waals surface area (Å²) in [4.78, 5) is 19.1. The Bertz CT molecular complexity index is 1300. The molecule has 9 heteroatoms. The third-order valence-corrected chi connectivity index (χ3v) is 7.36. The summed E-state index contributed by atoms with van der Waals surface area (Å²) in [7, 11) is -3.83. The number of hydrogen-bond donors (Lipinski definition) is 2. The molecule has 1 aromatic heterocycles. The topological polar surface area (TPSA) is 99.6 Å². The van der Waals surface area contributed by atoms with Crippen LogP contribution in [0.15, 0.2) is 47.5 Å². The lowest BCUT2D eigenvalue weighted by atomic mass is 9.98. The number of aliphatic hydroxyl groups is 1. The maximum absolute atomic E-state index is 13.0. The number of nitrogens with one attached hydrogen (secondary N) is 1. The van der Waals surface area contributed by atoms with E-state index in [0.717, 1.165) is 0 Å². The summed E-state index contributed by atoms with van der Waals surface area (Å²) in [5, 5.41) is 10.8. The van der Waals surface area contributed by atoms with Gasteiger partial charge in [0, 0.05) is 41.4 Å². The maximum Gasteiger partial charge on any atom is 0.262 e. The van der Waals surface area contributed by atoms with Crippen molar-refractivity contribution in [2.45, 2.75) is 23.8 Å². The first-order valence-corrected chi connectivity index (χ1v) is 11.4. The fourth-order valence-corrected chi connectivity index (χ4v) is 5.62. The highest BCUT2D eigenvalue weighted by Crippen LogP contribution is 2.45. The predicted octanol–water partition coefficient (Wildman–Crippen LogP) is 3.27. The van der Waals surface area contributed by atoms with Gasteiger partial charge >= 0.3 is 0 Å². The Labute approximate surface area is 178 Å². The number of halogens is 1. The molecule has 0 bridgehead atoms. The highest BCUT2D eigenvalue weighted by Gasteiger charge is 2.31. The van der Waals surface area contributed by atoms with E-state index < -0.39 is 10.0 Å². The van der Waals surface area contributed by atoms with Gasteiger partial charge in [-0.2, -0.15) is 0 Å². The zero-order chi connectivity index (χ0) is 21.0. The van der Waals surface area contributed by atoms with Crippen molar-refractivity contribution >= 4 is 44.1 Å². The molecule has 0 atom stereocenters. The summed E-state index contributed by atoms with van der Waals surface area (Å²) in [6.45, 7) is 0.932. The number of likely N-dealkylation sites (tertiary alicyclic amines) is 1. The van der Waals surface area contributed by atoms with Gasteiger partial charge in [-0.15, -0.1) is 0 Å². The van der Waals surface area contributed by atoms with Gasteiger partial charge in [0.1, 0.15) is 0 Å². The van der Waals surface area contributed by atoms with Crippen molar-refractivity contribution in [3.05, 3.63) is 53.2 Å². The summed E-state index contributed by atoms with van der Waals surface area (Å²) < 4.78 is 28.4. The van der Waals surface area contributed by atoms with Crippen molar-refractivity contribution in [2.24, 2.45) is 0 Å². The zero-order valence-corrected chi connectivity index (χ0v) is 17.4. The average molecular weight is 444 g/mol. The first-order chi connectivity index (χ1) is 14.3. The van der Waals surface area contributed by atoms with Gasteiger partial charge in [-0.05, 0) is 49.2 Å². The molecule has 2 N–H and O–H groups in total. The molecular weight excluding hydrogens is 426 g/mol. The van der Waals surface area contributed by atoms with E-state index in [1.165, 1.54) is 12.1 Å². The Balaban J connectivity index is 1.67. The number of rotatable bonds is 1. The van der Waals surface area contributed by atoms with E-state index in [1.54, 1.807) is 35.4 Å². The van der Waals surface area contributed by atoms with Crippen LogP contribution in [0.3, 0.4) is 0 Å². The van der Waals surface area contributed by atoms with E-state index in [2.05, 4.69) is 9.71 Å². The van der Waals surface area contributed by atoms with Crippen LogP contribution in [0.5, 0.6) is 0 Å². The molecule has 3 heterocycles. The number of aromatic nitrogens is 1. The molecule has 154 valence electrons. The van der Waals surface area contributed by atoms with Crippen molar-refractivity contribution in [3.8, 4) is 11.1 Å². The standard InChI is InChI=1S/C21H18ClN3O4S/c22-17-11-16-15-10-12(21(27)25-8-5-13(26)6-9-25)3-4-18(15)30(28,29)24-20(16)19-14(17)2-1-7-23-19/h1-4,7,10-11,13,24,26H,5-6,8-9H2. The van der Waals surface area contributed by atoms with Gasteiger partial charge in [0.2, 0.25) is 0 Å². The van der Waals surface area contributed by atoms with Crippen LogP contribution in [0, 0.1) is 0 Å². The highest BCUT2D eigenvalue weighted by molar-refractivity contribution is 7.93. The SMILES string of the molecule is O=C(c1ccc2c(c1)-c1cc(Cl)c3cccnc3c1NS2(=O)=O)N1CCC(O)CC1. The summed E-state index contributed by atoms with van der Waals surface area (Å²) in [6, 6.07) is 9.79. The number of fused-ring (bicyclic) bond motifs is 5. The normalized spacial score (nSPS) is 17.9. The van der Waals surface area contributed by atoms with Crippen LogP contribution in [0.4, 0.5) is 5.69 Å². The minimum atomic E-state index is -3.83. The molecule has 0 aliphatic carbocycles. The number of piperidine rings is 1. The predicted molar refractivity (Wildman–Crippen MR) is 114 cm³/mol. The minimum Gasteiger partial charge on any atom is -0.393 e. The molecule has 7 nitrogen and oxygen atoms in total. The summed E-state index contributed by atoms with van der Waals surface area (Å²) in [5.41, 5.74) is 2.20. The Morgan fingerprint density at radius 3 is 2.70 bits per heavy atom. The first kappa shape index (κ1) is 19.3. The summed E-state index contributed by atoms with van der Waals surface area (Å²) in [5.74, 6) is -0.188. The number of aliphatic hydroxyl groups excluding tert-OH is 1. The number of anilines is 1. The van der Waals surface area contributed by atoms with Crippen LogP contribution in [-0.2, 0) is 10.0 Å². The third kappa shape index (κ3) is 3.03. The highest BCUT2D eigenvalue weighted by atomic mass is 35.5. The molecule has 2 aliphatic rings. The number of nitrogens with zero attached hydrogens (tertiary/aromatic N) is 2. The molecule has 30 heavy (non-hydrogen) atoms. The van der Waals surface area contributed by atoms with E-state index in [4.69, 9.17) is 11.6 Å². The number of benzene rings is 2. The van der Waals surface area contributed by atoms with Crippen LogP contribution in [0.1, 0.15) is 23.2 Å². The van der Waals surface area contributed by atoms with Gasteiger partial charge in [0.15, 0.2) is 0 Å². The molecule has 0 saturated carbocycles. The fraction of sp³-hybridized carbons (Fsp3) is 0.238. The van der Waals surface area contributed by atoms with Gasteiger partial charge < -0.3 is 10.0 Å². The Hall–Kier alpha value is -2.68. The molecule has 0 radical (unpaired) electrons. The lowest BCUT2D eigenvalue weighted by Crippen LogP contribution is -2.40. The largest absolute Gasteiger partial charge is 0.393 e. The van der Waals surface area contributed by atoms with E-state index in [1.807, 2.05) is 0 Å². The van der Waals surface area contributed by atoms with E-state index in [9.17, 15) is 18.3 Å². The first-order valence-electron chi connectivity index (χ1n) is 9.57. The van der Waals surface area contributed by atoms with Crippen LogP contribution < -0.4 is 4.72 Å². The number of amides is 1. The van der Waals surface area contributed by atoms with Crippen molar-refractivity contribution in [1.82, 2.24) is 9.88 Å². The molecule has 2 aromatic carbocycles. The summed E-state index contributed by atoms with van der Waals surface area (Å²) >= 11 is 6.45. The second kappa shape index (κ2) is 6.94. The second-order valence-electron chi connectivity index (χ2n) is 7.52. The molecule has 2 aliphatic heterocycles. The quantitative estimate of drug-likeness (QED) is 0.601. The van der Waals surface area contributed by atoms with Gasteiger partial charge in [-0.1, -0.05) is 11.6 Å². The Morgan fingerprint density at radius 2 is 1.93 bits per heavy atom. The number of hydrogen-bond acceptors (Lipinski definition) is 5. The molecule has 3 aromatic rings. The van der Waals surface area contributed by atoms with Gasteiger partial charge in [0.05, 0.1) is 27.2 Å². The van der Waals surface area contributed by atoms with Gasteiger partial charge in [-0.25, -0.2) is 8.42 Å². The maximum atomic E-state index is 13.0. The van der Waals surface area contributed by atoms with Crippen molar-refractivity contribution in [1.29, 1.82) is 0 Å². The molecular formula is C21H18ClN3O4S. The van der Waals surface area contributed by atoms with Gasteiger partial charge in [-0.3, -0.25) is 14.5 Å². The van der Waals surface area contributed by atoms with Crippen LogP contribution in [0.2, 0.25) is 5.02 Å².